The number of aliphatic carboxylic acids is 1. The van der Waals surface area contributed by atoms with Crippen molar-refractivity contribution in [1.82, 2.24) is 4.90 Å². The van der Waals surface area contributed by atoms with E-state index in [0.29, 0.717) is 17.5 Å². The van der Waals surface area contributed by atoms with Gasteiger partial charge in [0.05, 0.1) is 0 Å². The number of likely N-dealkylation sites (N-methyl/N-ethyl adjacent to an activating group) is 1. The Morgan fingerprint density at radius 2 is 2.14 bits per heavy atom. The Labute approximate surface area is 124 Å². The summed E-state index contributed by atoms with van der Waals surface area (Å²) in [6, 6.07) is 5.27. The number of hydrogen-bond acceptors (Lipinski definition) is 3. The lowest BCUT2D eigenvalue weighted by atomic mass is 10.1. The van der Waals surface area contributed by atoms with Gasteiger partial charge in [-0.2, -0.15) is 0 Å². The molecule has 1 aliphatic heterocycles. The number of halogens is 1. The highest BCUT2D eigenvalue weighted by molar-refractivity contribution is 5.87. The van der Waals surface area contributed by atoms with Crippen LogP contribution in [0.3, 0.4) is 0 Å². The van der Waals surface area contributed by atoms with Gasteiger partial charge in [-0.25, -0.2) is 9.18 Å². The molecule has 5 heteroatoms. The molecule has 114 valence electrons. The molecule has 1 heterocycles. The summed E-state index contributed by atoms with van der Waals surface area (Å²) in [6.45, 7) is 3.82. The number of benzene rings is 1. The SMILES string of the molecule is CC1CN(c2cccc(F)c2/C=C/C(=O)O)CC1N(C)C. The molecule has 0 aromatic heterocycles. The molecule has 2 unspecified atom stereocenters. The van der Waals surface area contributed by atoms with E-state index in [1.165, 1.54) is 12.1 Å². The normalized spacial score (nSPS) is 22.4. The second-order valence-corrected chi connectivity index (χ2v) is 5.76. The molecule has 4 nitrogen and oxygen atoms in total. The van der Waals surface area contributed by atoms with Gasteiger partial charge in [-0.05, 0) is 38.2 Å². The van der Waals surface area contributed by atoms with E-state index in [9.17, 15) is 9.18 Å². The Kier molecular flexibility index (Phi) is 4.63. The maximum absolute atomic E-state index is 14.0. The molecule has 1 aliphatic rings. The Balaban J connectivity index is 2.32. The smallest absolute Gasteiger partial charge is 0.328 e. The van der Waals surface area contributed by atoms with E-state index >= 15 is 0 Å². The van der Waals surface area contributed by atoms with Crippen molar-refractivity contribution >= 4 is 17.7 Å². The lowest BCUT2D eigenvalue weighted by Gasteiger charge is -2.24. The molecule has 0 aliphatic carbocycles. The first-order chi connectivity index (χ1) is 9.90. The number of carboxylic acid groups (broad SMARTS) is 1. The van der Waals surface area contributed by atoms with Crippen molar-refractivity contribution in [3.05, 3.63) is 35.7 Å². The third-order valence-corrected chi connectivity index (χ3v) is 4.00. The molecule has 1 N–H and O–H groups in total. The van der Waals surface area contributed by atoms with Crippen LogP contribution in [0.1, 0.15) is 12.5 Å². The van der Waals surface area contributed by atoms with Crippen molar-refractivity contribution < 1.29 is 14.3 Å². The third kappa shape index (κ3) is 3.42. The van der Waals surface area contributed by atoms with Crippen LogP contribution in [0.5, 0.6) is 0 Å². The standard InChI is InChI=1S/C16H21FN2O2/c1-11-9-19(10-15(11)18(2)3)14-6-4-5-13(17)12(14)7-8-16(20)21/h4-8,11,15H,9-10H2,1-3H3,(H,20,21)/b8-7+. The van der Waals surface area contributed by atoms with Crippen molar-refractivity contribution in [2.75, 3.05) is 32.1 Å². The summed E-state index contributed by atoms with van der Waals surface area (Å²) in [5, 5.41) is 8.75. The van der Waals surface area contributed by atoms with Gasteiger partial charge in [0.25, 0.3) is 0 Å². The van der Waals surface area contributed by atoms with E-state index in [1.807, 2.05) is 20.2 Å². The van der Waals surface area contributed by atoms with E-state index in [4.69, 9.17) is 5.11 Å². The summed E-state index contributed by atoms with van der Waals surface area (Å²) in [6.07, 6.45) is 2.31. The molecule has 0 amide bonds. The van der Waals surface area contributed by atoms with Crippen molar-refractivity contribution in [2.45, 2.75) is 13.0 Å². The molecule has 1 aromatic carbocycles. The average Bonchev–Trinajstić information content (AvgIpc) is 2.79. The quantitative estimate of drug-likeness (QED) is 0.865. The molecule has 1 aromatic rings. The molecule has 0 spiro atoms. The van der Waals surface area contributed by atoms with Crippen LogP contribution >= 0.6 is 0 Å². The van der Waals surface area contributed by atoms with E-state index < -0.39 is 11.8 Å². The number of carboxylic acids is 1. The highest BCUT2D eigenvalue weighted by atomic mass is 19.1. The first-order valence-corrected chi connectivity index (χ1v) is 7.01. The van der Waals surface area contributed by atoms with Gasteiger partial charge in [0.2, 0.25) is 0 Å². The first kappa shape index (κ1) is 15.5. The van der Waals surface area contributed by atoms with E-state index in [0.717, 1.165) is 24.9 Å². The Bertz CT molecular complexity index is 557. The van der Waals surface area contributed by atoms with Crippen LogP contribution in [0.15, 0.2) is 24.3 Å². The van der Waals surface area contributed by atoms with Crippen molar-refractivity contribution in [3.8, 4) is 0 Å². The van der Waals surface area contributed by atoms with Gasteiger partial charge in [-0.15, -0.1) is 0 Å². The zero-order chi connectivity index (χ0) is 15.6. The second-order valence-electron chi connectivity index (χ2n) is 5.76. The second kappa shape index (κ2) is 6.26. The van der Waals surface area contributed by atoms with Crippen LogP contribution in [0, 0.1) is 11.7 Å². The summed E-state index contributed by atoms with van der Waals surface area (Å²) in [7, 11) is 4.09. The number of hydrogen-bond donors (Lipinski definition) is 1. The van der Waals surface area contributed by atoms with Gasteiger partial charge in [-0.1, -0.05) is 13.0 Å². The van der Waals surface area contributed by atoms with E-state index in [-0.39, 0.29) is 0 Å². The molecule has 2 rings (SSSR count). The molecular weight excluding hydrogens is 271 g/mol. The zero-order valence-electron chi connectivity index (χ0n) is 12.6. The van der Waals surface area contributed by atoms with Gasteiger partial charge in [0.15, 0.2) is 0 Å². The lowest BCUT2D eigenvalue weighted by Crippen LogP contribution is -2.34. The molecule has 0 radical (unpaired) electrons. The van der Waals surface area contributed by atoms with Crippen molar-refractivity contribution in [2.24, 2.45) is 5.92 Å². The molecule has 0 bridgehead atoms. The summed E-state index contributed by atoms with van der Waals surface area (Å²) in [4.78, 5) is 15.0. The lowest BCUT2D eigenvalue weighted by molar-refractivity contribution is -0.131. The largest absolute Gasteiger partial charge is 0.478 e. The fourth-order valence-corrected chi connectivity index (χ4v) is 2.94. The third-order valence-electron chi connectivity index (χ3n) is 4.00. The van der Waals surface area contributed by atoms with Crippen LogP contribution < -0.4 is 4.90 Å². The number of rotatable bonds is 4. The molecule has 0 saturated carbocycles. The summed E-state index contributed by atoms with van der Waals surface area (Å²) in [5.41, 5.74) is 1.09. The Morgan fingerprint density at radius 1 is 1.43 bits per heavy atom. The van der Waals surface area contributed by atoms with Crippen LogP contribution in [0.4, 0.5) is 10.1 Å². The fourth-order valence-electron chi connectivity index (χ4n) is 2.94. The molecule has 2 atom stereocenters. The first-order valence-electron chi connectivity index (χ1n) is 7.01. The Morgan fingerprint density at radius 3 is 2.71 bits per heavy atom. The van der Waals surface area contributed by atoms with Crippen molar-refractivity contribution in [1.29, 1.82) is 0 Å². The summed E-state index contributed by atoms with van der Waals surface area (Å²) < 4.78 is 14.0. The van der Waals surface area contributed by atoms with Crippen LogP contribution in [0.25, 0.3) is 6.08 Å². The molecule has 1 fully saturated rings. The molecule has 1 saturated heterocycles. The van der Waals surface area contributed by atoms with Crippen molar-refractivity contribution in [3.63, 3.8) is 0 Å². The number of carbonyl (C=O) groups is 1. The molecular formula is C16H21FN2O2. The van der Waals surface area contributed by atoms with Gasteiger partial charge < -0.3 is 14.9 Å². The monoisotopic (exact) mass is 292 g/mol. The predicted molar refractivity (Wildman–Crippen MR) is 81.9 cm³/mol. The highest BCUT2D eigenvalue weighted by Gasteiger charge is 2.32. The Hall–Kier alpha value is -1.88. The van der Waals surface area contributed by atoms with Crippen LogP contribution in [0.2, 0.25) is 0 Å². The maximum Gasteiger partial charge on any atom is 0.328 e. The van der Waals surface area contributed by atoms with Gasteiger partial charge in [0.1, 0.15) is 5.82 Å². The minimum absolute atomic E-state index is 0.339. The minimum Gasteiger partial charge on any atom is -0.478 e. The predicted octanol–water partition coefficient (Wildman–Crippen LogP) is 2.31. The average molecular weight is 292 g/mol. The number of nitrogens with zero attached hydrogens (tertiary/aromatic N) is 2. The molecule has 21 heavy (non-hydrogen) atoms. The summed E-state index contributed by atoms with van der Waals surface area (Å²) in [5.74, 6) is -1.00. The van der Waals surface area contributed by atoms with Crippen LogP contribution in [-0.2, 0) is 4.79 Å². The highest BCUT2D eigenvalue weighted by Crippen LogP contribution is 2.30. The summed E-state index contributed by atoms with van der Waals surface area (Å²) >= 11 is 0. The number of anilines is 1. The van der Waals surface area contributed by atoms with Gasteiger partial charge in [0, 0.05) is 36.5 Å². The zero-order valence-corrected chi connectivity index (χ0v) is 12.6. The van der Waals surface area contributed by atoms with Crippen LogP contribution in [-0.4, -0.2) is 49.2 Å². The van der Waals surface area contributed by atoms with Gasteiger partial charge in [-0.3, -0.25) is 0 Å². The van der Waals surface area contributed by atoms with Gasteiger partial charge >= 0.3 is 5.97 Å². The minimum atomic E-state index is -1.08. The topological polar surface area (TPSA) is 43.8 Å². The maximum atomic E-state index is 14.0. The fraction of sp³-hybridized carbons (Fsp3) is 0.438. The van der Waals surface area contributed by atoms with E-state index in [1.54, 1.807) is 6.07 Å². The van der Waals surface area contributed by atoms with E-state index in [2.05, 4.69) is 16.7 Å².